The van der Waals surface area contributed by atoms with Crippen molar-refractivity contribution in [2.75, 3.05) is 24.7 Å². The second-order valence-electron chi connectivity index (χ2n) is 4.24. The van der Waals surface area contributed by atoms with Gasteiger partial charge >= 0.3 is 12.0 Å². The minimum atomic E-state index is -3.37. The van der Waals surface area contributed by atoms with Crippen molar-refractivity contribution in [3.8, 4) is 0 Å². The lowest BCUT2D eigenvalue weighted by atomic mass is 10.1. The molecule has 0 aliphatic heterocycles. The van der Waals surface area contributed by atoms with Crippen molar-refractivity contribution in [2.45, 2.75) is 6.92 Å². The van der Waals surface area contributed by atoms with Crippen LogP contribution in [0.3, 0.4) is 0 Å². The van der Waals surface area contributed by atoms with Gasteiger partial charge in [-0.15, -0.1) is 0 Å². The topological polar surface area (TPSA) is 125 Å². The number of rotatable bonds is 6. The summed E-state index contributed by atoms with van der Waals surface area (Å²) < 4.78 is 24.4. The Hall–Kier alpha value is -2.13. The number of amides is 2. The van der Waals surface area contributed by atoms with Gasteiger partial charge in [0.25, 0.3) is 0 Å². The number of aryl methyl sites for hydroxylation is 1. The molecule has 2 amide bonds. The maximum Gasteiger partial charge on any atom is 0.335 e. The highest BCUT2D eigenvalue weighted by Gasteiger charge is 2.10. The normalized spacial score (nSPS) is 11.0. The fourth-order valence-electron chi connectivity index (χ4n) is 1.56. The molecule has 4 N–H and O–H groups in total. The summed E-state index contributed by atoms with van der Waals surface area (Å²) in [6.45, 7) is 1.58. The molecule has 0 aliphatic carbocycles. The molecule has 0 fully saturated rings. The maximum atomic E-state index is 11.6. The number of sulfonamides is 1. The highest BCUT2D eigenvalue weighted by Crippen LogP contribution is 2.15. The van der Waals surface area contributed by atoms with E-state index in [4.69, 9.17) is 5.11 Å². The van der Waals surface area contributed by atoms with Gasteiger partial charge in [-0.25, -0.2) is 22.7 Å². The van der Waals surface area contributed by atoms with Gasteiger partial charge in [-0.3, -0.25) is 0 Å². The minimum absolute atomic E-state index is 0.0405. The van der Waals surface area contributed by atoms with Crippen molar-refractivity contribution in [3.63, 3.8) is 0 Å². The first kappa shape index (κ1) is 16.9. The van der Waals surface area contributed by atoms with Gasteiger partial charge in [0.05, 0.1) is 11.3 Å². The standard InChI is InChI=1S/C12H17N3O5S/c1-8-7-9(3-4-10(8)11(16)17)15-12(18)14-5-6-21(19,20)13-2/h3-4,7,13H,5-6H2,1-2H3,(H,16,17)(H2,14,15,18). The number of hydrogen-bond acceptors (Lipinski definition) is 4. The van der Waals surface area contributed by atoms with E-state index in [2.05, 4.69) is 15.4 Å². The zero-order chi connectivity index (χ0) is 16.0. The molecule has 8 nitrogen and oxygen atoms in total. The number of anilines is 1. The Kier molecular flexibility index (Phi) is 5.68. The van der Waals surface area contributed by atoms with Crippen LogP contribution in [0.15, 0.2) is 18.2 Å². The fraction of sp³-hybridized carbons (Fsp3) is 0.333. The Bertz CT molecular complexity index is 642. The molecular weight excluding hydrogens is 298 g/mol. The number of hydrogen-bond donors (Lipinski definition) is 4. The van der Waals surface area contributed by atoms with Crippen molar-refractivity contribution >= 4 is 27.7 Å². The summed E-state index contributed by atoms with van der Waals surface area (Å²) in [6.07, 6.45) is 0. The first-order valence-electron chi connectivity index (χ1n) is 6.05. The summed E-state index contributed by atoms with van der Waals surface area (Å²) in [7, 11) is -2.07. The summed E-state index contributed by atoms with van der Waals surface area (Å²) >= 11 is 0. The predicted octanol–water partition coefficient (Wildman–Crippen LogP) is 0.364. The quantitative estimate of drug-likeness (QED) is 0.603. The Morgan fingerprint density at radius 1 is 1.29 bits per heavy atom. The molecule has 0 aromatic heterocycles. The van der Waals surface area contributed by atoms with E-state index in [1.807, 2.05) is 0 Å². The molecule has 9 heteroatoms. The van der Waals surface area contributed by atoms with Crippen LogP contribution >= 0.6 is 0 Å². The summed E-state index contributed by atoms with van der Waals surface area (Å²) in [5.74, 6) is -1.27. The largest absolute Gasteiger partial charge is 0.478 e. The molecule has 0 aliphatic rings. The third kappa shape index (κ3) is 5.40. The van der Waals surface area contributed by atoms with E-state index in [0.717, 1.165) is 0 Å². The van der Waals surface area contributed by atoms with Crippen LogP contribution in [-0.2, 0) is 10.0 Å². The van der Waals surface area contributed by atoms with Gasteiger partial charge in [-0.1, -0.05) is 0 Å². The van der Waals surface area contributed by atoms with Crippen LogP contribution in [0, 0.1) is 6.92 Å². The lowest BCUT2D eigenvalue weighted by Gasteiger charge is -2.09. The molecule has 0 bridgehead atoms. The molecule has 0 unspecified atom stereocenters. The highest BCUT2D eigenvalue weighted by atomic mass is 32.2. The van der Waals surface area contributed by atoms with Crippen LogP contribution in [0.2, 0.25) is 0 Å². The van der Waals surface area contributed by atoms with Crippen LogP contribution < -0.4 is 15.4 Å². The Morgan fingerprint density at radius 2 is 1.95 bits per heavy atom. The number of aromatic carboxylic acids is 1. The first-order valence-corrected chi connectivity index (χ1v) is 7.70. The summed E-state index contributed by atoms with van der Waals surface area (Å²) in [5.41, 5.74) is 1.09. The molecule has 0 saturated carbocycles. The number of urea groups is 1. The zero-order valence-corrected chi connectivity index (χ0v) is 12.5. The van der Waals surface area contributed by atoms with E-state index in [-0.39, 0.29) is 17.9 Å². The molecule has 0 radical (unpaired) electrons. The van der Waals surface area contributed by atoms with E-state index >= 15 is 0 Å². The molecule has 21 heavy (non-hydrogen) atoms. The molecule has 0 spiro atoms. The van der Waals surface area contributed by atoms with Crippen molar-refractivity contribution in [1.82, 2.24) is 10.0 Å². The second kappa shape index (κ2) is 7.04. The lowest BCUT2D eigenvalue weighted by molar-refractivity contribution is 0.0696. The van der Waals surface area contributed by atoms with E-state index in [1.54, 1.807) is 6.92 Å². The number of nitrogens with one attached hydrogen (secondary N) is 3. The molecule has 1 aromatic carbocycles. The van der Waals surface area contributed by atoms with Crippen molar-refractivity contribution in [1.29, 1.82) is 0 Å². The SMILES string of the molecule is CNS(=O)(=O)CCNC(=O)Nc1ccc(C(=O)O)c(C)c1. The van der Waals surface area contributed by atoms with E-state index in [0.29, 0.717) is 11.3 Å². The second-order valence-corrected chi connectivity index (χ2v) is 6.28. The maximum absolute atomic E-state index is 11.6. The number of carboxylic acid groups (broad SMARTS) is 1. The third-order valence-electron chi connectivity index (χ3n) is 2.68. The Morgan fingerprint density at radius 3 is 2.48 bits per heavy atom. The Labute approximate surface area is 122 Å². The Balaban J connectivity index is 2.56. The van der Waals surface area contributed by atoms with Crippen LogP contribution in [0.4, 0.5) is 10.5 Å². The fourth-order valence-corrected chi connectivity index (χ4v) is 2.13. The monoisotopic (exact) mass is 315 g/mol. The van der Waals surface area contributed by atoms with E-state index in [1.165, 1.54) is 25.2 Å². The average molecular weight is 315 g/mol. The van der Waals surface area contributed by atoms with Crippen LogP contribution in [-0.4, -0.2) is 44.9 Å². The van der Waals surface area contributed by atoms with Crippen molar-refractivity contribution in [2.24, 2.45) is 0 Å². The van der Waals surface area contributed by atoms with Gasteiger partial charge < -0.3 is 15.7 Å². The summed E-state index contributed by atoms with van der Waals surface area (Å²) in [6, 6.07) is 3.80. The number of carboxylic acids is 1. The van der Waals surface area contributed by atoms with Gasteiger partial charge in [0, 0.05) is 12.2 Å². The van der Waals surface area contributed by atoms with Crippen LogP contribution in [0.5, 0.6) is 0 Å². The smallest absolute Gasteiger partial charge is 0.335 e. The molecule has 116 valence electrons. The number of benzene rings is 1. The zero-order valence-electron chi connectivity index (χ0n) is 11.6. The molecule has 0 saturated heterocycles. The van der Waals surface area contributed by atoms with E-state index in [9.17, 15) is 18.0 Å². The third-order valence-corrected chi connectivity index (χ3v) is 4.05. The van der Waals surface area contributed by atoms with Gasteiger partial charge in [0.1, 0.15) is 0 Å². The summed E-state index contributed by atoms with van der Waals surface area (Å²) in [5, 5.41) is 13.8. The first-order chi connectivity index (χ1) is 9.75. The summed E-state index contributed by atoms with van der Waals surface area (Å²) in [4.78, 5) is 22.4. The van der Waals surface area contributed by atoms with E-state index < -0.39 is 22.0 Å². The van der Waals surface area contributed by atoms with Gasteiger partial charge in [0.15, 0.2) is 0 Å². The minimum Gasteiger partial charge on any atom is -0.478 e. The number of carbonyl (C=O) groups excluding carboxylic acids is 1. The molecule has 0 atom stereocenters. The lowest BCUT2D eigenvalue weighted by Crippen LogP contribution is -2.35. The van der Waals surface area contributed by atoms with Gasteiger partial charge in [-0.05, 0) is 37.7 Å². The molecule has 0 heterocycles. The average Bonchev–Trinajstić information content (AvgIpc) is 2.38. The van der Waals surface area contributed by atoms with Crippen molar-refractivity contribution in [3.05, 3.63) is 29.3 Å². The molecule has 1 rings (SSSR count). The van der Waals surface area contributed by atoms with Crippen LogP contribution in [0.1, 0.15) is 15.9 Å². The van der Waals surface area contributed by atoms with Gasteiger partial charge in [-0.2, -0.15) is 0 Å². The molecule has 1 aromatic rings. The van der Waals surface area contributed by atoms with Crippen molar-refractivity contribution < 1.29 is 23.1 Å². The van der Waals surface area contributed by atoms with Crippen LogP contribution in [0.25, 0.3) is 0 Å². The number of carbonyl (C=O) groups is 2. The van der Waals surface area contributed by atoms with Gasteiger partial charge in [0.2, 0.25) is 10.0 Å². The predicted molar refractivity (Wildman–Crippen MR) is 78.0 cm³/mol. The highest BCUT2D eigenvalue weighted by molar-refractivity contribution is 7.89. The molecular formula is C12H17N3O5S.